The molecule has 2 rings (SSSR count). The van der Waals surface area contributed by atoms with E-state index in [2.05, 4.69) is 9.69 Å². The van der Waals surface area contributed by atoms with Gasteiger partial charge in [0.1, 0.15) is 4.88 Å². The van der Waals surface area contributed by atoms with Crippen molar-refractivity contribution in [2.45, 2.75) is 18.9 Å². The van der Waals surface area contributed by atoms with Gasteiger partial charge in [0, 0.05) is 6.04 Å². The van der Waals surface area contributed by atoms with Crippen molar-refractivity contribution in [2.24, 2.45) is 0 Å². The molecular formula is C8H8N2O3S. The van der Waals surface area contributed by atoms with Crippen LogP contribution < -0.4 is 5.32 Å². The quantitative estimate of drug-likeness (QED) is 0.774. The Balaban J connectivity index is 2.07. The molecule has 1 aliphatic carbocycles. The molecule has 0 saturated heterocycles. The summed E-state index contributed by atoms with van der Waals surface area (Å²) < 4.78 is 3.65. The summed E-state index contributed by atoms with van der Waals surface area (Å²) in [5, 5.41) is 11.3. The van der Waals surface area contributed by atoms with Crippen LogP contribution in [-0.4, -0.2) is 27.4 Å². The number of amides is 1. The van der Waals surface area contributed by atoms with E-state index < -0.39 is 5.97 Å². The summed E-state index contributed by atoms with van der Waals surface area (Å²) in [6.07, 6.45) is 2.02. The van der Waals surface area contributed by atoms with Gasteiger partial charge in [0.25, 0.3) is 5.91 Å². The molecule has 6 heteroatoms. The van der Waals surface area contributed by atoms with Gasteiger partial charge in [-0.25, -0.2) is 4.79 Å². The molecule has 2 N–H and O–H groups in total. The molecule has 0 aliphatic heterocycles. The smallest absolute Gasteiger partial charge is 0.355 e. The van der Waals surface area contributed by atoms with Crippen molar-refractivity contribution in [1.29, 1.82) is 0 Å². The number of aromatic carboxylic acids is 1. The summed E-state index contributed by atoms with van der Waals surface area (Å²) in [6, 6.07) is 1.57. The maximum atomic E-state index is 11.4. The highest BCUT2D eigenvalue weighted by Crippen LogP contribution is 2.20. The van der Waals surface area contributed by atoms with Crippen LogP contribution >= 0.6 is 11.5 Å². The lowest BCUT2D eigenvalue weighted by molar-refractivity contribution is 0.0692. The van der Waals surface area contributed by atoms with Gasteiger partial charge in [-0.2, -0.15) is 4.37 Å². The normalized spacial score (nSPS) is 15.1. The average molecular weight is 212 g/mol. The lowest BCUT2D eigenvalue weighted by atomic mass is 10.3. The monoisotopic (exact) mass is 212 g/mol. The minimum absolute atomic E-state index is 0.0732. The van der Waals surface area contributed by atoms with E-state index in [1.165, 1.54) is 6.07 Å². The molecule has 74 valence electrons. The van der Waals surface area contributed by atoms with Crippen LogP contribution in [0.2, 0.25) is 0 Å². The van der Waals surface area contributed by atoms with E-state index in [0.29, 0.717) is 4.88 Å². The number of hydrogen-bond acceptors (Lipinski definition) is 4. The number of rotatable bonds is 3. The Morgan fingerprint density at radius 1 is 1.57 bits per heavy atom. The summed E-state index contributed by atoms with van der Waals surface area (Å²) >= 11 is 0.913. The van der Waals surface area contributed by atoms with Crippen LogP contribution in [0, 0.1) is 0 Å². The lowest BCUT2D eigenvalue weighted by Crippen LogP contribution is -2.24. The Morgan fingerprint density at radius 2 is 2.29 bits per heavy atom. The zero-order chi connectivity index (χ0) is 10.1. The van der Waals surface area contributed by atoms with Crippen molar-refractivity contribution < 1.29 is 14.7 Å². The maximum Gasteiger partial charge on any atom is 0.355 e. The Morgan fingerprint density at radius 3 is 2.79 bits per heavy atom. The minimum Gasteiger partial charge on any atom is -0.476 e. The van der Waals surface area contributed by atoms with Crippen LogP contribution in [0.15, 0.2) is 6.07 Å². The molecule has 0 spiro atoms. The van der Waals surface area contributed by atoms with Crippen molar-refractivity contribution in [3.8, 4) is 0 Å². The number of carbonyl (C=O) groups is 2. The molecule has 0 aromatic carbocycles. The molecule has 1 heterocycles. The van der Waals surface area contributed by atoms with Gasteiger partial charge in [0.05, 0.1) is 0 Å². The molecule has 1 aliphatic rings. The first-order chi connectivity index (χ1) is 6.66. The largest absolute Gasteiger partial charge is 0.476 e. The molecule has 1 saturated carbocycles. The first-order valence-corrected chi connectivity index (χ1v) is 4.95. The Hall–Kier alpha value is -1.43. The third kappa shape index (κ3) is 1.90. The second kappa shape index (κ2) is 3.38. The highest BCUT2D eigenvalue weighted by Gasteiger charge is 2.25. The van der Waals surface area contributed by atoms with Gasteiger partial charge in [-0.15, -0.1) is 0 Å². The van der Waals surface area contributed by atoms with E-state index in [-0.39, 0.29) is 17.6 Å². The number of nitrogens with zero attached hydrogens (tertiary/aromatic N) is 1. The molecule has 1 aromatic rings. The van der Waals surface area contributed by atoms with Gasteiger partial charge in [0.15, 0.2) is 5.69 Å². The number of hydrogen-bond donors (Lipinski definition) is 2. The number of carboxylic acids is 1. The molecular weight excluding hydrogens is 204 g/mol. The highest BCUT2D eigenvalue weighted by molar-refractivity contribution is 7.08. The van der Waals surface area contributed by atoms with Gasteiger partial charge in [-0.05, 0) is 30.4 Å². The van der Waals surface area contributed by atoms with Gasteiger partial charge < -0.3 is 10.4 Å². The fourth-order valence-corrected chi connectivity index (χ4v) is 1.60. The van der Waals surface area contributed by atoms with Crippen molar-refractivity contribution in [1.82, 2.24) is 9.69 Å². The molecule has 0 bridgehead atoms. The summed E-state index contributed by atoms with van der Waals surface area (Å²) in [6.45, 7) is 0. The van der Waals surface area contributed by atoms with Gasteiger partial charge in [-0.1, -0.05) is 0 Å². The summed E-state index contributed by atoms with van der Waals surface area (Å²) in [5.41, 5.74) is -0.0732. The third-order valence-corrected chi connectivity index (χ3v) is 2.65. The van der Waals surface area contributed by atoms with E-state index in [9.17, 15) is 9.59 Å². The van der Waals surface area contributed by atoms with Crippen LogP contribution in [0.1, 0.15) is 33.0 Å². The molecule has 0 atom stereocenters. The van der Waals surface area contributed by atoms with Crippen LogP contribution in [-0.2, 0) is 0 Å². The Bertz CT molecular complexity index is 384. The van der Waals surface area contributed by atoms with Gasteiger partial charge in [0.2, 0.25) is 0 Å². The van der Waals surface area contributed by atoms with Crippen LogP contribution in [0.3, 0.4) is 0 Å². The van der Waals surface area contributed by atoms with E-state index in [0.717, 1.165) is 24.4 Å². The zero-order valence-electron chi connectivity index (χ0n) is 7.19. The Kier molecular flexibility index (Phi) is 2.20. The molecule has 14 heavy (non-hydrogen) atoms. The van der Waals surface area contributed by atoms with E-state index in [4.69, 9.17) is 5.11 Å². The van der Waals surface area contributed by atoms with Crippen LogP contribution in [0.5, 0.6) is 0 Å². The topological polar surface area (TPSA) is 79.3 Å². The average Bonchev–Trinajstić information content (AvgIpc) is 2.81. The van der Waals surface area contributed by atoms with Crippen molar-refractivity contribution in [3.05, 3.63) is 16.6 Å². The molecule has 1 amide bonds. The number of aromatic nitrogens is 1. The predicted octanol–water partition coefficient (Wildman–Crippen LogP) is 0.734. The number of carboxylic acid groups (broad SMARTS) is 1. The fraction of sp³-hybridized carbons (Fsp3) is 0.375. The molecule has 1 fully saturated rings. The van der Waals surface area contributed by atoms with Crippen molar-refractivity contribution >= 4 is 23.4 Å². The van der Waals surface area contributed by atoms with Gasteiger partial charge >= 0.3 is 5.97 Å². The summed E-state index contributed by atoms with van der Waals surface area (Å²) in [4.78, 5) is 22.2. The fourth-order valence-electron chi connectivity index (χ4n) is 0.967. The molecule has 5 nitrogen and oxygen atoms in total. The summed E-state index contributed by atoms with van der Waals surface area (Å²) in [5.74, 6) is -1.33. The van der Waals surface area contributed by atoms with Crippen LogP contribution in [0.25, 0.3) is 0 Å². The highest BCUT2D eigenvalue weighted by atomic mass is 32.1. The second-order valence-electron chi connectivity index (χ2n) is 3.13. The van der Waals surface area contributed by atoms with Gasteiger partial charge in [-0.3, -0.25) is 4.79 Å². The first-order valence-electron chi connectivity index (χ1n) is 4.17. The first kappa shape index (κ1) is 9.14. The molecule has 0 radical (unpaired) electrons. The van der Waals surface area contributed by atoms with Crippen molar-refractivity contribution in [2.75, 3.05) is 0 Å². The predicted molar refractivity (Wildman–Crippen MR) is 49.6 cm³/mol. The summed E-state index contributed by atoms with van der Waals surface area (Å²) in [7, 11) is 0. The van der Waals surface area contributed by atoms with E-state index in [1.54, 1.807) is 0 Å². The van der Waals surface area contributed by atoms with E-state index >= 15 is 0 Å². The zero-order valence-corrected chi connectivity index (χ0v) is 8.00. The molecule has 1 aromatic heterocycles. The third-order valence-electron chi connectivity index (χ3n) is 1.87. The standard InChI is InChI=1S/C8H8N2O3S/c11-7(9-4-1-2-4)6-3-5(8(12)13)10-14-6/h3-4H,1-2H2,(H,9,11)(H,12,13). The van der Waals surface area contributed by atoms with E-state index in [1.807, 2.05) is 0 Å². The number of carbonyl (C=O) groups excluding carboxylic acids is 1. The SMILES string of the molecule is O=C(O)c1cc(C(=O)NC2CC2)sn1. The molecule has 0 unspecified atom stereocenters. The maximum absolute atomic E-state index is 11.4. The second-order valence-corrected chi connectivity index (χ2v) is 3.93. The Labute approximate surface area is 83.9 Å². The lowest BCUT2D eigenvalue weighted by Gasteiger charge is -1.97. The minimum atomic E-state index is -1.10. The van der Waals surface area contributed by atoms with Crippen molar-refractivity contribution in [3.63, 3.8) is 0 Å². The van der Waals surface area contributed by atoms with Crippen LogP contribution in [0.4, 0.5) is 0 Å². The number of nitrogens with one attached hydrogen (secondary N) is 1.